The minimum Gasteiger partial charge on any atom is -0.486 e. The van der Waals surface area contributed by atoms with Gasteiger partial charge in [0.15, 0.2) is 0 Å². The van der Waals surface area contributed by atoms with Gasteiger partial charge >= 0.3 is 5.97 Å². The second kappa shape index (κ2) is 5.65. The molecule has 1 N–H and O–H groups in total. The molecule has 0 aliphatic carbocycles. The van der Waals surface area contributed by atoms with Gasteiger partial charge in [0.25, 0.3) is 0 Å². The van der Waals surface area contributed by atoms with Crippen LogP contribution in [0.15, 0.2) is 42.6 Å². The third kappa shape index (κ3) is 3.07. The summed E-state index contributed by atoms with van der Waals surface area (Å²) < 4.78 is 5.48. The van der Waals surface area contributed by atoms with E-state index < -0.39 is 5.97 Å². The topological polar surface area (TPSA) is 83.2 Å². The van der Waals surface area contributed by atoms with Gasteiger partial charge in [-0.3, -0.25) is 4.98 Å². The summed E-state index contributed by atoms with van der Waals surface area (Å²) in [7, 11) is 0. The molecule has 0 atom stereocenters. The molecule has 0 amide bonds. The van der Waals surface area contributed by atoms with Crippen LogP contribution >= 0.6 is 0 Å². The van der Waals surface area contributed by atoms with E-state index in [1.54, 1.807) is 30.3 Å². The highest BCUT2D eigenvalue weighted by atomic mass is 16.5. The van der Waals surface area contributed by atoms with Gasteiger partial charge in [0.1, 0.15) is 18.4 Å². The van der Waals surface area contributed by atoms with Crippen molar-refractivity contribution < 1.29 is 14.6 Å². The number of hydrogen-bond acceptors (Lipinski definition) is 4. The SMILES string of the molecule is N#Cc1ccccc1OCc1ccc(C(=O)O)cn1. The van der Waals surface area contributed by atoms with Gasteiger partial charge in [0.05, 0.1) is 16.8 Å². The molecule has 5 nitrogen and oxygen atoms in total. The van der Waals surface area contributed by atoms with Gasteiger partial charge in [0.2, 0.25) is 0 Å². The van der Waals surface area contributed by atoms with Crippen molar-refractivity contribution in [1.29, 1.82) is 5.26 Å². The number of carbonyl (C=O) groups is 1. The highest BCUT2D eigenvalue weighted by molar-refractivity contribution is 5.87. The zero-order valence-electron chi connectivity index (χ0n) is 9.91. The van der Waals surface area contributed by atoms with Crippen molar-refractivity contribution in [3.8, 4) is 11.8 Å². The first kappa shape index (κ1) is 12.6. The first-order chi connectivity index (χ1) is 9.20. The van der Waals surface area contributed by atoms with Gasteiger partial charge in [-0.2, -0.15) is 5.26 Å². The summed E-state index contributed by atoms with van der Waals surface area (Å²) in [6.45, 7) is 0.179. The Kier molecular flexibility index (Phi) is 3.74. The minimum atomic E-state index is -1.02. The third-order valence-corrected chi connectivity index (χ3v) is 2.45. The maximum atomic E-state index is 10.7. The predicted octanol–water partition coefficient (Wildman–Crippen LogP) is 2.23. The van der Waals surface area contributed by atoms with E-state index in [0.29, 0.717) is 17.0 Å². The summed E-state index contributed by atoms with van der Waals surface area (Å²) in [5.74, 6) is -0.538. The van der Waals surface area contributed by atoms with Crippen molar-refractivity contribution in [3.63, 3.8) is 0 Å². The fraction of sp³-hybridized carbons (Fsp3) is 0.0714. The molecule has 0 fully saturated rings. The lowest BCUT2D eigenvalue weighted by Gasteiger charge is -2.07. The number of para-hydroxylation sites is 1. The molecule has 94 valence electrons. The van der Waals surface area contributed by atoms with E-state index in [2.05, 4.69) is 4.98 Å². The van der Waals surface area contributed by atoms with Crippen LogP contribution in [-0.2, 0) is 6.61 Å². The maximum absolute atomic E-state index is 10.7. The Bertz CT molecular complexity index is 630. The quantitative estimate of drug-likeness (QED) is 0.904. The third-order valence-electron chi connectivity index (χ3n) is 2.45. The Morgan fingerprint density at radius 1 is 1.32 bits per heavy atom. The number of nitrogens with zero attached hydrogens (tertiary/aromatic N) is 2. The van der Waals surface area contributed by atoms with Crippen LogP contribution in [0, 0.1) is 11.3 Å². The van der Waals surface area contributed by atoms with Crippen LogP contribution in [0.25, 0.3) is 0 Å². The number of rotatable bonds is 4. The number of aromatic nitrogens is 1. The van der Waals surface area contributed by atoms with Gasteiger partial charge in [0, 0.05) is 6.20 Å². The summed E-state index contributed by atoms with van der Waals surface area (Å²) in [4.78, 5) is 14.6. The molecule has 1 aromatic heterocycles. The number of carboxylic acid groups (broad SMARTS) is 1. The first-order valence-corrected chi connectivity index (χ1v) is 5.51. The molecular weight excluding hydrogens is 244 g/mol. The second-order valence-corrected chi connectivity index (χ2v) is 3.74. The molecule has 0 aliphatic heterocycles. The van der Waals surface area contributed by atoms with Crippen molar-refractivity contribution in [2.45, 2.75) is 6.61 Å². The Morgan fingerprint density at radius 2 is 2.11 bits per heavy atom. The van der Waals surface area contributed by atoms with Gasteiger partial charge in [-0.15, -0.1) is 0 Å². The Morgan fingerprint density at radius 3 is 2.74 bits per heavy atom. The molecule has 5 heteroatoms. The van der Waals surface area contributed by atoms with Crippen molar-refractivity contribution in [2.75, 3.05) is 0 Å². The lowest BCUT2D eigenvalue weighted by molar-refractivity contribution is 0.0696. The number of hydrogen-bond donors (Lipinski definition) is 1. The monoisotopic (exact) mass is 254 g/mol. The average Bonchev–Trinajstić information content (AvgIpc) is 2.45. The molecule has 0 saturated carbocycles. The van der Waals surface area contributed by atoms with E-state index in [9.17, 15) is 4.79 Å². The molecule has 0 unspecified atom stereocenters. The van der Waals surface area contributed by atoms with E-state index in [0.717, 1.165) is 0 Å². The highest BCUT2D eigenvalue weighted by Gasteiger charge is 2.05. The van der Waals surface area contributed by atoms with Crippen LogP contribution in [0.4, 0.5) is 0 Å². The molecule has 1 aromatic carbocycles. The fourth-order valence-corrected chi connectivity index (χ4v) is 1.47. The van der Waals surface area contributed by atoms with E-state index in [4.69, 9.17) is 15.1 Å². The molecule has 2 aromatic rings. The largest absolute Gasteiger partial charge is 0.486 e. The molecule has 0 aliphatic rings. The van der Waals surface area contributed by atoms with Crippen LogP contribution < -0.4 is 4.74 Å². The Hall–Kier alpha value is -2.87. The number of pyridine rings is 1. The van der Waals surface area contributed by atoms with E-state index in [1.807, 2.05) is 6.07 Å². The fourth-order valence-electron chi connectivity index (χ4n) is 1.47. The summed E-state index contributed by atoms with van der Waals surface area (Å²) in [6, 6.07) is 12.0. The molecule has 0 spiro atoms. The number of nitriles is 1. The standard InChI is InChI=1S/C14H10N2O3/c15-7-10-3-1-2-4-13(10)19-9-12-6-5-11(8-16-12)14(17)18/h1-6,8H,9H2,(H,17,18). The van der Waals surface area contributed by atoms with Crippen molar-refractivity contribution in [2.24, 2.45) is 0 Å². The number of ether oxygens (including phenoxy) is 1. The molecular formula is C14H10N2O3. The summed E-state index contributed by atoms with van der Waals surface area (Å²) in [5.41, 5.74) is 1.17. The molecule has 0 bridgehead atoms. The molecule has 1 heterocycles. The summed E-state index contributed by atoms with van der Waals surface area (Å²) in [5, 5.41) is 17.6. The van der Waals surface area contributed by atoms with Gasteiger partial charge in [-0.25, -0.2) is 4.79 Å². The van der Waals surface area contributed by atoms with Crippen LogP contribution in [-0.4, -0.2) is 16.1 Å². The number of benzene rings is 1. The molecule has 0 saturated heterocycles. The Labute approximate surface area is 109 Å². The van der Waals surface area contributed by atoms with Crippen molar-refractivity contribution in [1.82, 2.24) is 4.98 Å². The van der Waals surface area contributed by atoms with Crippen LogP contribution in [0.5, 0.6) is 5.75 Å². The smallest absolute Gasteiger partial charge is 0.337 e. The predicted molar refractivity (Wildman–Crippen MR) is 66.7 cm³/mol. The lowest BCUT2D eigenvalue weighted by Crippen LogP contribution is -2.02. The van der Waals surface area contributed by atoms with E-state index in [-0.39, 0.29) is 12.2 Å². The summed E-state index contributed by atoms with van der Waals surface area (Å²) in [6.07, 6.45) is 1.28. The minimum absolute atomic E-state index is 0.126. The van der Waals surface area contributed by atoms with Crippen molar-refractivity contribution in [3.05, 3.63) is 59.4 Å². The van der Waals surface area contributed by atoms with Crippen LogP contribution in [0.2, 0.25) is 0 Å². The zero-order valence-corrected chi connectivity index (χ0v) is 9.91. The number of carboxylic acids is 1. The highest BCUT2D eigenvalue weighted by Crippen LogP contribution is 2.17. The Balaban J connectivity index is 2.06. The van der Waals surface area contributed by atoms with Crippen LogP contribution in [0.3, 0.4) is 0 Å². The normalized spacial score (nSPS) is 9.63. The van der Waals surface area contributed by atoms with Gasteiger partial charge < -0.3 is 9.84 Å². The van der Waals surface area contributed by atoms with Crippen molar-refractivity contribution >= 4 is 5.97 Å². The lowest BCUT2D eigenvalue weighted by atomic mass is 10.2. The molecule has 2 rings (SSSR count). The second-order valence-electron chi connectivity index (χ2n) is 3.74. The van der Waals surface area contributed by atoms with E-state index >= 15 is 0 Å². The van der Waals surface area contributed by atoms with E-state index in [1.165, 1.54) is 12.3 Å². The zero-order chi connectivity index (χ0) is 13.7. The average molecular weight is 254 g/mol. The van der Waals surface area contributed by atoms with Gasteiger partial charge in [-0.1, -0.05) is 12.1 Å². The summed E-state index contributed by atoms with van der Waals surface area (Å²) >= 11 is 0. The number of aromatic carboxylic acids is 1. The molecule has 0 radical (unpaired) electrons. The van der Waals surface area contributed by atoms with Crippen LogP contribution in [0.1, 0.15) is 21.6 Å². The maximum Gasteiger partial charge on any atom is 0.337 e. The molecule has 19 heavy (non-hydrogen) atoms. The van der Waals surface area contributed by atoms with Gasteiger partial charge in [-0.05, 0) is 24.3 Å². The first-order valence-electron chi connectivity index (χ1n) is 5.51.